The highest BCUT2D eigenvalue weighted by Gasteiger charge is 2.68. The first kappa shape index (κ1) is 32.4. The highest BCUT2D eigenvalue weighted by atomic mass is 16.5. The van der Waals surface area contributed by atoms with Gasteiger partial charge in [0.2, 0.25) is 11.7 Å². The highest BCUT2D eigenvalue weighted by molar-refractivity contribution is 6.25. The molecule has 4 N–H and O–H groups in total. The molecule has 0 aliphatic heterocycles. The minimum Gasteiger partial charge on any atom is -0.507 e. The van der Waals surface area contributed by atoms with Crippen molar-refractivity contribution in [3.8, 4) is 5.75 Å². The summed E-state index contributed by atoms with van der Waals surface area (Å²) in [4.78, 5) is 45.4. The van der Waals surface area contributed by atoms with Crippen LogP contribution in [0.1, 0.15) is 28.7 Å². The maximum Gasteiger partial charge on any atom is 0.230 e. The van der Waals surface area contributed by atoms with Crippen LogP contribution in [0.2, 0.25) is 0 Å². The molecular weight excluding hydrogens is 598 g/mol. The molecule has 2 saturated carbocycles. The van der Waals surface area contributed by atoms with E-state index in [4.69, 9.17) is 15.2 Å². The van der Waals surface area contributed by atoms with Gasteiger partial charge >= 0.3 is 0 Å². The van der Waals surface area contributed by atoms with E-state index in [0.29, 0.717) is 17.7 Å². The van der Waals surface area contributed by atoms with Crippen molar-refractivity contribution in [1.82, 2.24) is 4.90 Å². The molecule has 1 amide bonds. The van der Waals surface area contributed by atoms with Crippen LogP contribution in [0.5, 0.6) is 5.75 Å². The standard InChI is InChI=1S/C37H41N3O7/c1-39(2)26-15-16-27(46-19-21-11-7-5-8-12-21)29-24(26)17-23-18-25-31(40(3)4)33(47-20-22-13-9-6-10-14-22)30(36(38)44)35(43)37(25,45)34(42)28(23)32(29)41/h5-16,23,25,30-31,33,41,45H,17-20H2,1-4H3,(H2,38,44)/t23-,25-,30?,31-,33?,37-/m1/s1. The Bertz CT molecular complexity index is 1720. The molecular formula is C37H41N3O7. The lowest BCUT2D eigenvalue weighted by Gasteiger charge is -2.54. The van der Waals surface area contributed by atoms with Gasteiger partial charge in [0.25, 0.3) is 0 Å². The third-order valence-electron chi connectivity index (χ3n) is 9.91. The van der Waals surface area contributed by atoms with Crippen LogP contribution in [0.25, 0.3) is 5.76 Å². The number of nitrogens with zero attached hydrogens (tertiary/aromatic N) is 2. The van der Waals surface area contributed by atoms with Crippen molar-refractivity contribution in [2.75, 3.05) is 33.1 Å². The van der Waals surface area contributed by atoms with Crippen LogP contribution in [0.4, 0.5) is 5.69 Å². The number of primary amides is 1. The van der Waals surface area contributed by atoms with E-state index in [0.717, 1.165) is 22.4 Å². The van der Waals surface area contributed by atoms with E-state index in [1.807, 2.05) is 85.7 Å². The fourth-order valence-corrected chi connectivity index (χ4v) is 7.78. The van der Waals surface area contributed by atoms with E-state index in [-0.39, 0.29) is 31.0 Å². The Morgan fingerprint density at radius 2 is 1.55 bits per heavy atom. The number of aliphatic hydroxyl groups is 2. The Kier molecular flexibility index (Phi) is 8.69. The molecule has 0 spiro atoms. The molecule has 2 fully saturated rings. The Morgan fingerprint density at radius 1 is 0.936 bits per heavy atom. The topological polar surface area (TPSA) is 143 Å². The van der Waals surface area contributed by atoms with Gasteiger partial charge in [-0.1, -0.05) is 60.7 Å². The van der Waals surface area contributed by atoms with Crippen LogP contribution in [-0.2, 0) is 38.8 Å². The van der Waals surface area contributed by atoms with Crippen molar-refractivity contribution in [2.24, 2.45) is 23.5 Å². The van der Waals surface area contributed by atoms with E-state index in [1.54, 1.807) is 25.1 Å². The van der Waals surface area contributed by atoms with Gasteiger partial charge in [-0.05, 0) is 61.7 Å². The second-order valence-corrected chi connectivity index (χ2v) is 13.2. The zero-order valence-electron chi connectivity index (χ0n) is 27.1. The van der Waals surface area contributed by atoms with Crippen LogP contribution in [-0.4, -0.2) is 78.5 Å². The van der Waals surface area contributed by atoms with Gasteiger partial charge in [-0.2, -0.15) is 0 Å². The van der Waals surface area contributed by atoms with E-state index >= 15 is 0 Å². The summed E-state index contributed by atoms with van der Waals surface area (Å²) in [6.07, 6.45) is -0.459. The largest absolute Gasteiger partial charge is 0.507 e. The number of hydrogen-bond donors (Lipinski definition) is 3. The molecule has 3 aliphatic rings. The molecule has 0 radical (unpaired) electrons. The van der Waals surface area contributed by atoms with Gasteiger partial charge in [-0.15, -0.1) is 0 Å². The second-order valence-electron chi connectivity index (χ2n) is 13.2. The number of carbonyl (C=O) groups is 3. The molecule has 3 aromatic rings. The summed E-state index contributed by atoms with van der Waals surface area (Å²) in [6, 6.07) is 21.9. The van der Waals surface area contributed by atoms with Gasteiger partial charge in [-0.3, -0.25) is 14.4 Å². The number of carbonyl (C=O) groups excluding carboxylic acids is 3. The summed E-state index contributed by atoms with van der Waals surface area (Å²) >= 11 is 0. The number of anilines is 1. The fraction of sp³-hybridized carbons (Fsp3) is 0.378. The van der Waals surface area contributed by atoms with Gasteiger partial charge in [-0.25, -0.2) is 0 Å². The van der Waals surface area contributed by atoms with Gasteiger partial charge < -0.3 is 35.2 Å². The second kappa shape index (κ2) is 12.6. The number of likely N-dealkylation sites (N-methyl/N-ethyl adjacent to an activating group) is 1. The summed E-state index contributed by atoms with van der Waals surface area (Å²) in [5.74, 6) is -5.87. The van der Waals surface area contributed by atoms with Crippen LogP contribution < -0.4 is 15.4 Å². The lowest BCUT2D eigenvalue weighted by atomic mass is 9.54. The summed E-state index contributed by atoms with van der Waals surface area (Å²) in [6.45, 7) is 0.334. The number of amides is 1. The number of Topliss-reactive ketones (excluding diaryl/α,β-unsaturated/α-hetero) is 2. The van der Waals surface area contributed by atoms with Crippen LogP contribution in [0, 0.1) is 17.8 Å². The van der Waals surface area contributed by atoms with Gasteiger partial charge in [0.05, 0.1) is 18.3 Å². The van der Waals surface area contributed by atoms with Gasteiger partial charge in [0.1, 0.15) is 24.0 Å². The Morgan fingerprint density at radius 3 is 2.13 bits per heavy atom. The monoisotopic (exact) mass is 639 g/mol. The molecule has 3 aliphatic carbocycles. The molecule has 6 atom stereocenters. The zero-order valence-corrected chi connectivity index (χ0v) is 27.1. The van der Waals surface area contributed by atoms with E-state index < -0.39 is 53.0 Å². The minimum atomic E-state index is -2.59. The summed E-state index contributed by atoms with van der Waals surface area (Å²) in [5, 5.41) is 24.2. The number of hydrogen-bond acceptors (Lipinski definition) is 9. The predicted molar refractivity (Wildman–Crippen MR) is 177 cm³/mol. The van der Waals surface area contributed by atoms with E-state index in [9.17, 15) is 24.6 Å². The van der Waals surface area contributed by atoms with Crippen LogP contribution in [0.3, 0.4) is 0 Å². The molecule has 10 nitrogen and oxygen atoms in total. The average molecular weight is 640 g/mol. The number of nitrogens with two attached hydrogens (primary N) is 1. The number of ether oxygens (including phenoxy) is 2. The average Bonchev–Trinajstić information content (AvgIpc) is 3.04. The van der Waals surface area contributed by atoms with Crippen LogP contribution in [0.15, 0.2) is 78.4 Å². The Labute approximate surface area is 274 Å². The van der Waals surface area contributed by atoms with Crippen molar-refractivity contribution in [2.45, 2.75) is 43.8 Å². The van der Waals surface area contributed by atoms with E-state index in [2.05, 4.69) is 0 Å². The molecule has 246 valence electrons. The molecule has 2 unspecified atom stereocenters. The fourth-order valence-electron chi connectivity index (χ4n) is 7.78. The number of rotatable bonds is 9. The number of ketones is 2. The van der Waals surface area contributed by atoms with E-state index in [1.165, 1.54) is 0 Å². The predicted octanol–water partition coefficient (Wildman–Crippen LogP) is 3.29. The third-order valence-corrected chi connectivity index (χ3v) is 9.91. The molecule has 3 aromatic carbocycles. The van der Waals surface area contributed by atoms with Gasteiger partial charge in [0, 0.05) is 37.3 Å². The maximum atomic E-state index is 14.5. The first-order valence-corrected chi connectivity index (χ1v) is 15.8. The normalized spacial score (nSPS) is 26.8. The smallest absolute Gasteiger partial charge is 0.230 e. The molecule has 0 aromatic heterocycles. The molecule has 0 saturated heterocycles. The maximum absolute atomic E-state index is 14.5. The van der Waals surface area contributed by atoms with Crippen molar-refractivity contribution < 1.29 is 34.1 Å². The molecule has 6 rings (SSSR count). The Balaban J connectivity index is 1.43. The number of aliphatic hydroxyl groups excluding tert-OH is 1. The summed E-state index contributed by atoms with van der Waals surface area (Å²) in [5.41, 5.74) is 6.96. The molecule has 0 bridgehead atoms. The zero-order chi connectivity index (χ0) is 33.6. The third kappa shape index (κ3) is 5.50. The van der Waals surface area contributed by atoms with Crippen molar-refractivity contribution >= 4 is 28.9 Å². The highest BCUT2D eigenvalue weighted by Crippen LogP contribution is 2.53. The number of fused-ring (bicyclic) bond motifs is 3. The van der Waals surface area contributed by atoms with Crippen molar-refractivity contribution in [3.63, 3.8) is 0 Å². The first-order chi connectivity index (χ1) is 22.4. The molecule has 47 heavy (non-hydrogen) atoms. The summed E-state index contributed by atoms with van der Waals surface area (Å²) < 4.78 is 12.5. The SMILES string of the molecule is CN(C)c1ccc(OCc2ccccc2)c2c1C[C@@H]1C[C@@H]3[C@@H](N(C)C)C(OCc4ccccc4)C(C(N)=O)C(=O)[C@]3(O)C(=O)C1=C2O. The lowest BCUT2D eigenvalue weighted by molar-refractivity contribution is -0.190. The first-order valence-electron chi connectivity index (χ1n) is 15.8. The Hall–Kier alpha value is -4.51. The molecule has 10 heteroatoms. The number of benzene rings is 3. The van der Waals surface area contributed by atoms with Gasteiger partial charge in [0.15, 0.2) is 11.4 Å². The van der Waals surface area contributed by atoms with Crippen molar-refractivity contribution in [3.05, 3.63) is 101 Å². The summed E-state index contributed by atoms with van der Waals surface area (Å²) in [7, 11) is 7.34. The lowest BCUT2D eigenvalue weighted by Crippen LogP contribution is -2.73. The minimum absolute atomic E-state index is 0.0329. The van der Waals surface area contributed by atoms with Crippen molar-refractivity contribution in [1.29, 1.82) is 0 Å². The van der Waals surface area contributed by atoms with Crippen LogP contribution >= 0.6 is 0 Å². The quantitative estimate of drug-likeness (QED) is 0.301. The molecule has 0 heterocycles.